The van der Waals surface area contributed by atoms with Gasteiger partial charge in [-0.1, -0.05) is 30.3 Å². The fraction of sp³-hybridized carbons (Fsp3) is 0.333. The zero-order valence-electron chi connectivity index (χ0n) is 18.4. The quantitative estimate of drug-likeness (QED) is 0.347. The van der Waals surface area contributed by atoms with Gasteiger partial charge in [-0.15, -0.1) is 0 Å². The number of piperazine rings is 1. The molecule has 0 spiro atoms. The van der Waals surface area contributed by atoms with Crippen LogP contribution in [0, 0.1) is 0 Å². The van der Waals surface area contributed by atoms with Gasteiger partial charge in [-0.05, 0) is 54.9 Å². The molecule has 1 unspecified atom stereocenters. The second kappa shape index (κ2) is 12.0. The van der Waals surface area contributed by atoms with Crippen LogP contribution in [-0.2, 0) is 20.7 Å². The van der Waals surface area contributed by atoms with Gasteiger partial charge in [-0.3, -0.25) is 19.7 Å². The Labute approximate surface area is 198 Å². The number of thiocarbonyl (C=S) groups is 1. The molecule has 174 valence electrons. The van der Waals surface area contributed by atoms with Crippen molar-refractivity contribution in [3.05, 3.63) is 65.7 Å². The van der Waals surface area contributed by atoms with E-state index in [9.17, 15) is 14.4 Å². The van der Waals surface area contributed by atoms with Crippen molar-refractivity contribution >= 4 is 35.1 Å². The van der Waals surface area contributed by atoms with Gasteiger partial charge in [0.2, 0.25) is 5.91 Å². The number of carbonyl (C=O) groups is 3. The van der Waals surface area contributed by atoms with Crippen molar-refractivity contribution < 1.29 is 23.9 Å². The Bertz CT molecular complexity index is 981. The Balaban J connectivity index is 1.52. The van der Waals surface area contributed by atoms with E-state index in [0.29, 0.717) is 30.8 Å². The van der Waals surface area contributed by atoms with Crippen molar-refractivity contribution in [2.75, 3.05) is 26.8 Å². The van der Waals surface area contributed by atoms with Gasteiger partial charge in [0.25, 0.3) is 5.91 Å². The zero-order valence-corrected chi connectivity index (χ0v) is 19.2. The van der Waals surface area contributed by atoms with Crippen molar-refractivity contribution in [1.82, 2.24) is 15.5 Å². The van der Waals surface area contributed by atoms with E-state index in [1.54, 1.807) is 36.3 Å². The molecule has 1 aliphatic rings. The number of aryl methyl sites for hydroxylation is 1. The molecule has 0 bridgehead atoms. The fourth-order valence-electron chi connectivity index (χ4n) is 3.47. The number of esters is 1. The molecule has 2 aromatic carbocycles. The molecule has 1 saturated heterocycles. The Kier molecular flexibility index (Phi) is 8.77. The van der Waals surface area contributed by atoms with Gasteiger partial charge in [-0.2, -0.15) is 0 Å². The van der Waals surface area contributed by atoms with Crippen LogP contribution in [0.4, 0.5) is 0 Å². The molecule has 1 heterocycles. The number of amides is 2. The number of rotatable bonds is 8. The van der Waals surface area contributed by atoms with E-state index in [4.69, 9.17) is 21.7 Å². The Morgan fingerprint density at radius 1 is 1.15 bits per heavy atom. The highest BCUT2D eigenvalue weighted by molar-refractivity contribution is 7.80. The summed E-state index contributed by atoms with van der Waals surface area (Å²) in [7, 11) is 1.54. The number of nitrogens with zero attached hydrogens (tertiary/aromatic N) is 1. The van der Waals surface area contributed by atoms with Crippen molar-refractivity contribution in [2.45, 2.75) is 25.3 Å². The van der Waals surface area contributed by atoms with Crippen LogP contribution in [0.15, 0.2) is 54.6 Å². The first-order valence-corrected chi connectivity index (χ1v) is 11.1. The van der Waals surface area contributed by atoms with E-state index >= 15 is 0 Å². The van der Waals surface area contributed by atoms with Gasteiger partial charge in [-0.25, -0.2) is 0 Å². The summed E-state index contributed by atoms with van der Waals surface area (Å²) in [6.07, 6.45) is 1.33. The van der Waals surface area contributed by atoms with E-state index in [-0.39, 0.29) is 24.0 Å². The van der Waals surface area contributed by atoms with Gasteiger partial charge in [0, 0.05) is 18.7 Å². The van der Waals surface area contributed by atoms with Crippen LogP contribution < -0.4 is 15.4 Å². The molecule has 2 N–H and O–H groups in total. The second-order valence-corrected chi connectivity index (χ2v) is 7.89. The fourth-order valence-corrected chi connectivity index (χ4v) is 3.78. The van der Waals surface area contributed by atoms with Crippen LogP contribution in [0.2, 0.25) is 0 Å². The Morgan fingerprint density at radius 2 is 1.88 bits per heavy atom. The SMILES string of the molecule is COc1ccc(C(=O)NC(=S)N2CCNC(=O)C2CC(=O)OCCCc2ccccc2)cc1. The largest absolute Gasteiger partial charge is 0.497 e. The third-order valence-electron chi connectivity index (χ3n) is 5.24. The molecule has 0 saturated carbocycles. The monoisotopic (exact) mass is 469 g/mol. The first kappa shape index (κ1) is 24.2. The molecule has 1 aliphatic heterocycles. The summed E-state index contributed by atoms with van der Waals surface area (Å²) >= 11 is 5.38. The number of nitrogens with one attached hydrogen (secondary N) is 2. The second-order valence-electron chi connectivity index (χ2n) is 7.50. The number of methoxy groups -OCH3 is 1. The lowest BCUT2D eigenvalue weighted by Gasteiger charge is -2.36. The van der Waals surface area contributed by atoms with Gasteiger partial charge in [0.15, 0.2) is 5.11 Å². The highest BCUT2D eigenvalue weighted by Gasteiger charge is 2.34. The Morgan fingerprint density at radius 3 is 2.58 bits per heavy atom. The first-order chi connectivity index (χ1) is 16.0. The minimum atomic E-state index is -0.843. The molecule has 0 radical (unpaired) electrons. The van der Waals surface area contributed by atoms with Crippen molar-refractivity contribution in [3.63, 3.8) is 0 Å². The van der Waals surface area contributed by atoms with E-state index in [1.165, 1.54) is 5.56 Å². The molecule has 1 atom stereocenters. The number of hydrogen-bond acceptors (Lipinski definition) is 6. The third kappa shape index (κ3) is 7.01. The Hall–Kier alpha value is -3.46. The van der Waals surface area contributed by atoms with Crippen LogP contribution in [0.1, 0.15) is 28.8 Å². The highest BCUT2D eigenvalue weighted by atomic mass is 32.1. The van der Waals surface area contributed by atoms with Crippen LogP contribution in [0.25, 0.3) is 0 Å². The summed E-state index contributed by atoms with van der Waals surface area (Å²) in [5.74, 6) is -0.594. The van der Waals surface area contributed by atoms with Gasteiger partial charge < -0.3 is 19.7 Å². The lowest BCUT2D eigenvalue weighted by Crippen LogP contribution is -2.60. The van der Waals surface area contributed by atoms with Crippen molar-refractivity contribution in [2.24, 2.45) is 0 Å². The lowest BCUT2D eigenvalue weighted by molar-refractivity contribution is -0.147. The third-order valence-corrected chi connectivity index (χ3v) is 5.58. The average molecular weight is 470 g/mol. The zero-order chi connectivity index (χ0) is 23.6. The number of hydrogen-bond donors (Lipinski definition) is 2. The molecule has 1 fully saturated rings. The molecule has 0 aliphatic carbocycles. The molecule has 9 heteroatoms. The predicted octanol–water partition coefficient (Wildman–Crippen LogP) is 2.08. The summed E-state index contributed by atoms with van der Waals surface area (Å²) in [4.78, 5) is 38.9. The van der Waals surface area contributed by atoms with E-state index < -0.39 is 17.9 Å². The van der Waals surface area contributed by atoms with E-state index in [1.807, 2.05) is 30.3 Å². The average Bonchev–Trinajstić information content (AvgIpc) is 2.83. The molecule has 8 nitrogen and oxygen atoms in total. The molecular formula is C24H27N3O5S. The van der Waals surface area contributed by atoms with Gasteiger partial charge >= 0.3 is 5.97 Å². The summed E-state index contributed by atoms with van der Waals surface area (Å²) in [6, 6.07) is 15.7. The maximum atomic E-state index is 12.5. The van der Waals surface area contributed by atoms with Gasteiger partial charge in [0.1, 0.15) is 11.8 Å². The van der Waals surface area contributed by atoms with E-state index in [0.717, 1.165) is 6.42 Å². The predicted molar refractivity (Wildman–Crippen MR) is 127 cm³/mol. The molecule has 33 heavy (non-hydrogen) atoms. The van der Waals surface area contributed by atoms with Crippen LogP contribution in [0.3, 0.4) is 0 Å². The summed E-state index contributed by atoms with van der Waals surface area (Å²) in [5, 5.41) is 5.47. The lowest BCUT2D eigenvalue weighted by atomic mass is 10.1. The molecule has 2 aromatic rings. The molecular weight excluding hydrogens is 442 g/mol. The van der Waals surface area contributed by atoms with Crippen LogP contribution >= 0.6 is 12.2 Å². The van der Waals surface area contributed by atoms with Crippen molar-refractivity contribution in [3.8, 4) is 5.75 Å². The first-order valence-electron chi connectivity index (χ1n) is 10.7. The maximum absolute atomic E-state index is 12.5. The van der Waals surface area contributed by atoms with Crippen LogP contribution in [0.5, 0.6) is 5.75 Å². The number of benzene rings is 2. The minimum absolute atomic E-state index is 0.0903. The molecule has 2 amide bonds. The summed E-state index contributed by atoms with van der Waals surface area (Å²) in [5.41, 5.74) is 1.57. The smallest absolute Gasteiger partial charge is 0.308 e. The van der Waals surface area contributed by atoms with Crippen molar-refractivity contribution in [1.29, 1.82) is 0 Å². The highest BCUT2D eigenvalue weighted by Crippen LogP contribution is 2.14. The maximum Gasteiger partial charge on any atom is 0.308 e. The molecule has 3 rings (SSSR count). The van der Waals surface area contributed by atoms with E-state index in [2.05, 4.69) is 10.6 Å². The van der Waals surface area contributed by atoms with Gasteiger partial charge in [0.05, 0.1) is 20.1 Å². The topological polar surface area (TPSA) is 97.0 Å². The minimum Gasteiger partial charge on any atom is -0.497 e. The number of ether oxygens (including phenoxy) is 2. The normalized spacial score (nSPS) is 15.4. The van der Waals surface area contributed by atoms with Crippen LogP contribution in [-0.4, -0.2) is 60.6 Å². The standard InChI is InChI=1S/C24H27N3O5S/c1-31-19-11-9-18(10-12-19)22(29)26-24(33)27-14-13-25-23(30)20(27)16-21(28)32-15-5-8-17-6-3-2-4-7-17/h2-4,6-7,9-12,20H,5,8,13-16H2,1H3,(H,25,30)(H,26,29,33). The summed E-state index contributed by atoms with van der Waals surface area (Å²) in [6.45, 7) is 1.00. The number of carbonyl (C=O) groups excluding carboxylic acids is 3. The molecule has 0 aromatic heterocycles. The summed E-state index contributed by atoms with van der Waals surface area (Å²) < 4.78 is 10.4.